The quantitative estimate of drug-likeness (QED) is 0.565. The summed E-state index contributed by atoms with van der Waals surface area (Å²) in [5.74, 6) is 1.04. The van der Waals surface area contributed by atoms with E-state index in [4.69, 9.17) is 5.26 Å². The second-order valence-corrected chi connectivity index (χ2v) is 9.02. The predicted molar refractivity (Wildman–Crippen MR) is 133 cm³/mol. The van der Waals surface area contributed by atoms with E-state index in [0.29, 0.717) is 47.5 Å². The molecule has 0 radical (unpaired) electrons. The van der Waals surface area contributed by atoms with Gasteiger partial charge in [-0.15, -0.1) is 0 Å². The minimum atomic E-state index is -0.321. The summed E-state index contributed by atoms with van der Waals surface area (Å²) in [6.45, 7) is 5.29. The Bertz CT molecular complexity index is 1230. The van der Waals surface area contributed by atoms with E-state index < -0.39 is 0 Å². The van der Waals surface area contributed by atoms with Gasteiger partial charge in [-0.1, -0.05) is 12.1 Å². The van der Waals surface area contributed by atoms with Crippen molar-refractivity contribution in [2.24, 2.45) is 7.05 Å². The van der Waals surface area contributed by atoms with Crippen LogP contribution in [0.25, 0.3) is 0 Å². The molecule has 1 aliphatic rings. The molecule has 0 spiro atoms. The molecule has 1 aromatic carbocycles. The van der Waals surface area contributed by atoms with E-state index in [1.165, 1.54) is 16.4 Å². The molecule has 3 aromatic rings. The van der Waals surface area contributed by atoms with E-state index in [1.54, 1.807) is 30.1 Å². The smallest absolute Gasteiger partial charge is 0.274 e. The van der Waals surface area contributed by atoms with Crippen molar-refractivity contribution in [2.75, 3.05) is 23.7 Å². The van der Waals surface area contributed by atoms with Crippen molar-refractivity contribution in [1.29, 1.82) is 5.26 Å². The van der Waals surface area contributed by atoms with Crippen molar-refractivity contribution in [2.45, 2.75) is 38.6 Å². The molecule has 35 heavy (non-hydrogen) atoms. The van der Waals surface area contributed by atoms with Gasteiger partial charge in [0.1, 0.15) is 11.6 Å². The number of rotatable bonds is 6. The van der Waals surface area contributed by atoms with Gasteiger partial charge in [0.05, 0.1) is 17.2 Å². The van der Waals surface area contributed by atoms with Crippen LogP contribution in [0.4, 0.5) is 11.6 Å². The zero-order chi connectivity index (χ0) is 24.9. The van der Waals surface area contributed by atoms with E-state index in [-0.39, 0.29) is 17.9 Å². The number of nitrogens with zero attached hydrogens (tertiary/aromatic N) is 5. The summed E-state index contributed by atoms with van der Waals surface area (Å²) in [6.07, 6.45) is 3.21. The van der Waals surface area contributed by atoms with Crippen LogP contribution < -0.4 is 10.6 Å². The van der Waals surface area contributed by atoms with Gasteiger partial charge >= 0.3 is 0 Å². The maximum Gasteiger partial charge on any atom is 0.274 e. The molecule has 2 aromatic heterocycles. The van der Waals surface area contributed by atoms with Crippen LogP contribution in [0, 0.1) is 11.3 Å². The van der Waals surface area contributed by atoms with Gasteiger partial charge in [-0.3, -0.25) is 14.3 Å². The number of hydrogen-bond donors (Lipinski definition) is 2. The van der Waals surface area contributed by atoms with Crippen molar-refractivity contribution in [3.05, 3.63) is 71.0 Å². The Kier molecular flexibility index (Phi) is 7.11. The fraction of sp³-hybridized carbons (Fsp3) is 0.346. The molecule has 0 aliphatic carbocycles. The number of carbonyl (C=O) groups is 2. The Morgan fingerprint density at radius 3 is 2.43 bits per heavy atom. The summed E-state index contributed by atoms with van der Waals surface area (Å²) >= 11 is 0. The lowest BCUT2D eigenvalue weighted by Gasteiger charge is -2.31. The normalized spacial score (nSPS) is 14.0. The Hall–Kier alpha value is -4.19. The predicted octanol–water partition coefficient (Wildman–Crippen LogP) is 3.78. The number of amides is 2. The Balaban J connectivity index is 1.36. The van der Waals surface area contributed by atoms with Crippen LogP contribution in [-0.4, -0.2) is 50.6 Å². The van der Waals surface area contributed by atoms with Crippen LogP contribution in [0.2, 0.25) is 0 Å². The summed E-state index contributed by atoms with van der Waals surface area (Å²) in [5.41, 5.74) is 2.56. The van der Waals surface area contributed by atoms with Crippen LogP contribution in [0.1, 0.15) is 64.6 Å². The number of anilines is 2. The zero-order valence-electron chi connectivity index (χ0n) is 20.2. The number of carbonyl (C=O) groups excluding carboxylic acids is 2. The first-order valence-corrected chi connectivity index (χ1v) is 11.7. The number of nitrogens with one attached hydrogen (secondary N) is 2. The number of likely N-dealkylation sites (tertiary alicyclic amines) is 1. The van der Waals surface area contributed by atoms with Gasteiger partial charge in [-0.2, -0.15) is 10.4 Å². The minimum Gasteiger partial charge on any atom is -0.368 e. The fourth-order valence-corrected chi connectivity index (χ4v) is 4.19. The van der Waals surface area contributed by atoms with Crippen LogP contribution in [0.15, 0.2) is 48.7 Å². The van der Waals surface area contributed by atoms with Crippen molar-refractivity contribution >= 4 is 23.5 Å². The number of piperidine rings is 1. The Morgan fingerprint density at radius 2 is 1.83 bits per heavy atom. The van der Waals surface area contributed by atoms with Gasteiger partial charge in [0.25, 0.3) is 11.8 Å². The number of pyridine rings is 1. The number of benzene rings is 1. The third kappa shape index (κ3) is 5.66. The number of aromatic nitrogens is 3. The molecule has 1 aliphatic heterocycles. The SMILES string of the molecule is CC(C)Nc1ccc(C(=O)Nc2cc(C(=O)N3CCC(c4ccc(C#N)cc4)CC3)nn2C)cn1. The molecule has 0 bridgehead atoms. The van der Waals surface area contributed by atoms with Crippen LogP contribution in [0.3, 0.4) is 0 Å². The van der Waals surface area contributed by atoms with Gasteiger partial charge in [0.2, 0.25) is 0 Å². The highest BCUT2D eigenvalue weighted by molar-refractivity contribution is 6.04. The molecule has 1 saturated heterocycles. The fourth-order valence-electron chi connectivity index (χ4n) is 4.19. The Morgan fingerprint density at radius 1 is 1.11 bits per heavy atom. The molecule has 9 heteroatoms. The first kappa shape index (κ1) is 24.0. The summed E-state index contributed by atoms with van der Waals surface area (Å²) < 4.78 is 1.50. The average molecular weight is 472 g/mol. The summed E-state index contributed by atoms with van der Waals surface area (Å²) in [6, 6.07) is 15.1. The topological polar surface area (TPSA) is 116 Å². The third-order valence-electron chi connectivity index (χ3n) is 6.10. The minimum absolute atomic E-state index is 0.148. The molecular formula is C26H29N7O2. The first-order chi connectivity index (χ1) is 16.8. The highest BCUT2D eigenvalue weighted by Crippen LogP contribution is 2.29. The summed E-state index contributed by atoms with van der Waals surface area (Å²) in [4.78, 5) is 31.8. The number of hydrogen-bond acceptors (Lipinski definition) is 6. The van der Waals surface area contributed by atoms with E-state index in [1.807, 2.05) is 38.1 Å². The lowest BCUT2D eigenvalue weighted by atomic mass is 9.89. The van der Waals surface area contributed by atoms with Gasteiger partial charge in [0, 0.05) is 38.4 Å². The second kappa shape index (κ2) is 10.4. The monoisotopic (exact) mass is 471 g/mol. The molecule has 3 heterocycles. The number of nitriles is 1. The molecule has 2 N–H and O–H groups in total. The Labute approximate surface area is 204 Å². The molecule has 9 nitrogen and oxygen atoms in total. The van der Waals surface area contributed by atoms with E-state index in [9.17, 15) is 9.59 Å². The average Bonchev–Trinajstić information content (AvgIpc) is 3.23. The van der Waals surface area contributed by atoms with Crippen LogP contribution in [-0.2, 0) is 7.05 Å². The second-order valence-electron chi connectivity index (χ2n) is 9.02. The highest BCUT2D eigenvalue weighted by atomic mass is 16.2. The van der Waals surface area contributed by atoms with Gasteiger partial charge < -0.3 is 15.5 Å². The summed E-state index contributed by atoms with van der Waals surface area (Å²) in [7, 11) is 1.69. The molecule has 1 fully saturated rings. The van der Waals surface area contributed by atoms with Crippen LogP contribution in [0.5, 0.6) is 0 Å². The zero-order valence-corrected chi connectivity index (χ0v) is 20.2. The largest absolute Gasteiger partial charge is 0.368 e. The van der Waals surface area contributed by atoms with Crippen molar-refractivity contribution in [3.63, 3.8) is 0 Å². The van der Waals surface area contributed by atoms with Gasteiger partial charge in [0.15, 0.2) is 5.69 Å². The van der Waals surface area contributed by atoms with E-state index in [2.05, 4.69) is 26.8 Å². The van der Waals surface area contributed by atoms with Gasteiger partial charge in [-0.25, -0.2) is 4.98 Å². The molecule has 0 unspecified atom stereocenters. The van der Waals surface area contributed by atoms with Crippen molar-refractivity contribution in [1.82, 2.24) is 19.7 Å². The standard InChI is InChI=1S/C26H29N7O2/c1-17(2)29-23-9-8-21(16-28-23)25(34)30-24-14-22(31-32(24)3)26(35)33-12-10-20(11-13-33)19-6-4-18(15-27)5-7-19/h4-9,14,16-17,20H,10-13H2,1-3H3,(H,28,29)(H,30,34). The highest BCUT2D eigenvalue weighted by Gasteiger charge is 2.26. The molecule has 4 rings (SSSR count). The molecule has 0 atom stereocenters. The molecule has 2 amide bonds. The molecule has 180 valence electrons. The van der Waals surface area contributed by atoms with E-state index >= 15 is 0 Å². The lowest BCUT2D eigenvalue weighted by Crippen LogP contribution is -2.38. The number of aryl methyl sites for hydroxylation is 1. The van der Waals surface area contributed by atoms with Crippen molar-refractivity contribution in [3.8, 4) is 6.07 Å². The van der Waals surface area contributed by atoms with Crippen molar-refractivity contribution < 1.29 is 9.59 Å². The molecule has 0 saturated carbocycles. The first-order valence-electron chi connectivity index (χ1n) is 11.7. The summed E-state index contributed by atoms with van der Waals surface area (Å²) in [5, 5.41) is 19.3. The lowest BCUT2D eigenvalue weighted by molar-refractivity contribution is 0.0706. The molecular weight excluding hydrogens is 442 g/mol. The maximum absolute atomic E-state index is 13.1. The maximum atomic E-state index is 13.1. The van der Waals surface area contributed by atoms with Crippen LogP contribution >= 0.6 is 0 Å². The third-order valence-corrected chi connectivity index (χ3v) is 6.10. The van der Waals surface area contributed by atoms with E-state index in [0.717, 1.165) is 12.8 Å². The van der Waals surface area contributed by atoms with Gasteiger partial charge in [-0.05, 0) is 62.4 Å².